The number of benzene rings is 3. The first-order valence-corrected chi connectivity index (χ1v) is 11.5. The minimum absolute atomic E-state index is 0.161. The number of hydrogen-bond acceptors (Lipinski definition) is 3. The first-order valence-electron chi connectivity index (χ1n) is 10.3. The van der Waals surface area contributed by atoms with Crippen molar-refractivity contribution in [1.29, 1.82) is 0 Å². The van der Waals surface area contributed by atoms with E-state index in [1.807, 2.05) is 48.5 Å². The Morgan fingerprint density at radius 2 is 1.81 bits per heavy atom. The summed E-state index contributed by atoms with van der Waals surface area (Å²) in [5.41, 5.74) is 6.06. The van der Waals surface area contributed by atoms with E-state index in [1.54, 1.807) is 0 Å². The van der Waals surface area contributed by atoms with Gasteiger partial charge in [0.25, 0.3) is 0 Å². The zero-order valence-electron chi connectivity index (χ0n) is 16.8. The number of hydrogen-bond donors (Lipinski definition) is 0. The highest BCUT2D eigenvalue weighted by atomic mass is 35.5. The van der Waals surface area contributed by atoms with Crippen molar-refractivity contribution >= 4 is 51.5 Å². The van der Waals surface area contributed by atoms with E-state index in [0.717, 1.165) is 46.1 Å². The van der Waals surface area contributed by atoms with Crippen LogP contribution in [0.4, 0.5) is 0 Å². The molecular weight excluding hydrogens is 422 g/mol. The van der Waals surface area contributed by atoms with E-state index >= 15 is 0 Å². The van der Waals surface area contributed by atoms with Gasteiger partial charge in [-0.2, -0.15) is 0 Å². The molecule has 5 rings (SSSR count). The summed E-state index contributed by atoms with van der Waals surface area (Å²) >= 11 is 7.54. The van der Waals surface area contributed by atoms with Crippen molar-refractivity contribution < 1.29 is 4.79 Å². The van der Waals surface area contributed by atoms with Crippen LogP contribution >= 0.6 is 23.4 Å². The highest BCUT2D eigenvalue weighted by Gasteiger charge is 2.24. The standard InChI is InChI=1S/C27H20ClNOS/c28-22-12-9-20-10-14-23(29-25(20)17-22)13-8-18-4-3-6-21(16-18)26-15-11-19-5-1-2-7-24(19)27(30)31-26/h1-10,12-14,16-17,26H,11,15H2/b13-8+/t26-/m1/s1. The Hall–Kier alpha value is -2.88. The van der Waals surface area contributed by atoms with Crippen LogP contribution in [0.25, 0.3) is 23.1 Å². The molecule has 4 aromatic rings. The fourth-order valence-corrected chi connectivity index (χ4v) is 5.22. The van der Waals surface area contributed by atoms with Crippen molar-refractivity contribution in [2.75, 3.05) is 0 Å². The number of fused-ring (bicyclic) bond motifs is 2. The average molecular weight is 442 g/mol. The Morgan fingerprint density at radius 1 is 0.935 bits per heavy atom. The SMILES string of the molecule is O=C1S[C@@H](c2cccc(/C=C/c3ccc4ccc(Cl)cc4n3)c2)CCc2ccccc21. The molecule has 152 valence electrons. The third kappa shape index (κ3) is 4.43. The third-order valence-corrected chi connectivity index (χ3v) is 7.03. The first kappa shape index (κ1) is 20.0. The molecule has 0 aliphatic carbocycles. The van der Waals surface area contributed by atoms with E-state index in [0.29, 0.717) is 5.02 Å². The summed E-state index contributed by atoms with van der Waals surface area (Å²) in [4.78, 5) is 17.4. The largest absolute Gasteiger partial charge is 0.282 e. The van der Waals surface area contributed by atoms with Crippen molar-refractivity contribution in [3.05, 3.63) is 112 Å². The lowest BCUT2D eigenvalue weighted by Crippen LogP contribution is -1.98. The molecule has 4 heteroatoms. The number of carbonyl (C=O) groups is 1. The zero-order chi connectivity index (χ0) is 21.2. The molecule has 0 N–H and O–H groups in total. The molecular formula is C27H20ClNOS. The van der Waals surface area contributed by atoms with Crippen LogP contribution in [0.3, 0.4) is 0 Å². The van der Waals surface area contributed by atoms with Gasteiger partial charge in [0.1, 0.15) is 0 Å². The zero-order valence-corrected chi connectivity index (χ0v) is 18.4. The molecule has 2 nitrogen and oxygen atoms in total. The molecule has 0 fully saturated rings. The van der Waals surface area contributed by atoms with Crippen molar-refractivity contribution in [3.8, 4) is 0 Å². The fourth-order valence-electron chi connectivity index (χ4n) is 3.95. The Morgan fingerprint density at radius 3 is 2.74 bits per heavy atom. The first-order chi connectivity index (χ1) is 15.2. The molecule has 1 atom stereocenters. The Labute approximate surface area is 191 Å². The van der Waals surface area contributed by atoms with Crippen LogP contribution in [0, 0.1) is 0 Å². The minimum Gasteiger partial charge on any atom is -0.282 e. The molecule has 31 heavy (non-hydrogen) atoms. The van der Waals surface area contributed by atoms with E-state index < -0.39 is 0 Å². The molecule has 3 aromatic carbocycles. The summed E-state index contributed by atoms with van der Waals surface area (Å²) < 4.78 is 0. The topological polar surface area (TPSA) is 30.0 Å². The predicted octanol–water partition coefficient (Wildman–Crippen LogP) is 7.62. The summed E-state index contributed by atoms with van der Waals surface area (Å²) in [7, 11) is 0. The highest BCUT2D eigenvalue weighted by Crippen LogP contribution is 2.39. The molecule has 0 amide bonds. The van der Waals surface area contributed by atoms with E-state index in [4.69, 9.17) is 11.6 Å². The van der Waals surface area contributed by atoms with Gasteiger partial charge in [0.05, 0.1) is 11.2 Å². The molecule has 1 aromatic heterocycles. The number of thioether (sulfide) groups is 1. The monoisotopic (exact) mass is 441 g/mol. The second-order valence-electron chi connectivity index (χ2n) is 7.67. The fraction of sp³-hybridized carbons (Fsp3) is 0.111. The Bertz CT molecular complexity index is 1310. The average Bonchev–Trinajstić information content (AvgIpc) is 2.97. The third-order valence-electron chi connectivity index (χ3n) is 5.57. The van der Waals surface area contributed by atoms with Gasteiger partial charge in [-0.25, -0.2) is 4.98 Å². The van der Waals surface area contributed by atoms with Crippen LogP contribution in [0.2, 0.25) is 5.02 Å². The molecule has 0 radical (unpaired) electrons. The van der Waals surface area contributed by atoms with E-state index in [9.17, 15) is 4.79 Å². The summed E-state index contributed by atoms with van der Waals surface area (Å²) in [5.74, 6) is 0. The van der Waals surface area contributed by atoms with Crippen LogP contribution in [0.15, 0.2) is 78.9 Å². The lowest BCUT2D eigenvalue weighted by atomic mass is 9.99. The van der Waals surface area contributed by atoms with Gasteiger partial charge in [-0.1, -0.05) is 90.1 Å². The van der Waals surface area contributed by atoms with Crippen molar-refractivity contribution in [2.24, 2.45) is 0 Å². The number of pyridine rings is 1. The van der Waals surface area contributed by atoms with E-state index in [1.165, 1.54) is 17.3 Å². The maximum absolute atomic E-state index is 12.7. The second-order valence-corrected chi connectivity index (χ2v) is 9.28. The van der Waals surface area contributed by atoms with Crippen LogP contribution in [0.5, 0.6) is 0 Å². The predicted molar refractivity (Wildman–Crippen MR) is 132 cm³/mol. The summed E-state index contributed by atoms with van der Waals surface area (Å²) in [6.45, 7) is 0. The molecule has 0 saturated carbocycles. The van der Waals surface area contributed by atoms with Gasteiger partial charge < -0.3 is 0 Å². The summed E-state index contributed by atoms with van der Waals surface area (Å²) in [6.07, 6.45) is 5.96. The molecule has 2 heterocycles. The van der Waals surface area contributed by atoms with E-state index in [-0.39, 0.29) is 10.4 Å². The van der Waals surface area contributed by atoms with Gasteiger partial charge in [0.15, 0.2) is 0 Å². The van der Waals surface area contributed by atoms with Crippen molar-refractivity contribution in [3.63, 3.8) is 0 Å². The minimum atomic E-state index is 0.161. The van der Waals surface area contributed by atoms with Crippen LogP contribution in [-0.2, 0) is 6.42 Å². The Balaban J connectivity index is 1.37. The maximum Gasteiger partial charge on any atom is 0.220 e. The summed E-state index contributed by atoms with van der Waals surface area (Å²) in [5, 5.41) is 2.08. The van der Waals surface area contributed by atoms with Crippen LogP contribution in [-0.4, -0.2) is 10.1 Å². The van der Waals surface area contributed by atoms with Gasteiger partial charge in [-0.05, 0) is 53.8 Å². The maximum atomic E-state index is 12.7. The molecule has 1 aliphatic rings. The summed E-state index contributed by atoms with van der Waals surface area (Å²) in [6, 6.07) is 26.2. The molecule has 1 aliphatic heterocycles. The normalized spacial score (nSPS) is 16.4. The lowest BCUT2D eigenvalue weighted by molar-refractivity contribution is 0.108. The Kier molecular flexibility index (Phi) is 5.63. The number of halogens is 1. The van der Waals surface area contributed by atoms with Gasteiger partial charge in [-0.3, -0.25) is 4.79 Å². The molecule has 0 spiro atoms. The quantitative estimate of drug-likeness (QED) is 0.327. The van der Waals surface area contributed by atoms with Crippen LogP contribution in [0.1, 0.15) is 44.4 Å². The van der Waals surface area contributed by atoms with Gasteiger partial charge in [-0.15, -0.1) is 0 Å². The van der Waals surface area contributed by atoms with Crippen molar-refractivity contribution in [2.45, 2.75) is 18.1 Å². The number of rotatable bonds is 3. The number of nitrogens with zero attached hydrogens (tertiary/aromatic N) is 1. The molecule has 0 bridgehead atoms. The smallest absolute Gasteiger partial charge is 0.220 e. The number of carbonyl (C=O) groups excluding carboxylic acids is 1. The highest BCUT2D eigenvalue weighted by molar-refractivity contribution is 8.14. The van der Waals surface area contributed by atoms with Crippen LogP contribution < -0.4 is 0 Å². The molecule has 0 unspecified atom stereocenters. The van der Waals surface area contributed by atoms with E-state index in [2.05, 4.69) is 47.5 Å². The number of aryl methyl sites for hydroxylation is 1. The lowest BCUT2D eigenvalue weighted by Gasteiger charge is -2.13. The number of aromatic nitrogens is 1. The molecule has 0 saturated heterocycles. The second kappa shape index (κ2) is 8.70. The van der Waals surface area contributed by atoms with Gasteiger partial charge in [0.2, 0.25) is 5.12 Å². The van der Waals surface area contributed by atoms with Gasteiger partial charge in [0, 0.05) is 21.2 Å². The van der Waals surface area contributed by atoms with Gasteiger partial charge >= 0.3 is 0 Å². The van der Waals surface area contributed by atoms with Crippen molar-refractivity contribution in [1.82, 2.24) is 4.98 Å².